The monoisotopic (exact) mass is 482 g/mol. The van der Waals surface area contributed by atoms with Crippen LogP contribution in [0.1, 0.15) is 40.4 Å². The summed E-state index contributed by atoms with van der Waals surface area (Å²) in [6, 6.07) is 25.2. The highest BCUT2D eigenvalue weighted by Crippen LogP contribution is 2.36. The zero-order valence-electron chi connectivity index (χ0n) is 19.4. The lowest BCUT2D eigenvalue weighted by atomic mass is 9.87. The lowest BCUT2D eigenvalue weighted by Gasteiger charge is -2.35. The maximum absolute atomic E-state index is 13.2. The van der Waals surface area contributed by atoms with Crippen molar-refractivity contribution in [1.82, 2.24) is 10.2 Å². The van der Waals surface area contributed by atoms with E-state index in [9.17, 15) is 9.59 Å². The molecule has 0 saturated carbocycles. The third kappa shape index (κ3) is 4.81. The molecule has 5 rings (SSSR count). The van der Waals surface area contributed by atoms with E-state index in [4.69, 9.17) is 10.7 Å². The summed E-state index contributed by atoms with van der Waals surface area (Å²) in [6.45, 7) is 2.65. The fraction of sp³-hybridized carbons (Fsp3) is 0.179. The number of guanidine groups is 1. The van der Waals surface area contributed by atoms with Crippen molar-refractivity contribution >= 4 is 39.2 Å². The van der Waals surface area contributed by atoms with Gasteiger partial charge >= 0.3 is 0 Å². The number of fused-ring (bicyclic) bond motifs is 1. The van der Waals surface area contributed by atoms with Gasteiger partial charge in [0.05, 0.1) is 18.5 Å². The number of carbonyl (C=O) groups excluding carboxylic acids is 2. The molecular weight excluding hydrogens is 456 g/mol. The van der Waals surface area contributed by atoms with Crippen LogP contribution in [0, 0.1) is 0 Å². The van der Waals surface area contributed by atoms with Gasteiger partial charge in [-0.1, -0.05) is 48.5 Å². The zero-order chi connectivity index (χ0) is 24.4. The predicted molar refractivity (Wildman–Crippen MR) is 140 cm³/mol. The minimum Gasteiger partial charge on any atom is -0.369 e. The molecule has 0 spiro atoms. The third-order valence-corrected chi connectivity index (χ3v) is 7.23. The summed E-state index contributed by atoms with van der Waals surface area (Å²) in [5.74, 6) is -0.0730. The summed E-state index contributed by atoms with van der Waals surface area (Å²) in [7, 11) is 0. The summed E-state index contributed by atoms with van der Waals surface area (Å²) in [5, 5.41) is 6.13. The molecule has 1 aliphatic heterocycles. The van der Waals surface area contributed by atoms with E-state index in [0.717, 1.165) is 22.1 Å². The molecule has 4 aromatic rings. The van der Waals surface area contributed by atoms with Crippen LogP contribution in [0.25, 0.3) is 10.1 Å². The minimum absolute atomic E-state index is 0.0932. The summed E-state index contributed by atoms with van der Waals surface area (Å²) in [5.41, 5.74) is 8.94. The molecule has 35 heavy (non-hydrogen) atoms. The Morgan fingerprint density at radius 1 is 1.06 bits per heavy atom. The Balaban J connectivity index is 1.31. The normalized spacial score (nSPS) is 17.9. The Bertz CT molecular complexity index is 1430. The first kappa shape index (κ1) is 22.8. The summed E-state index contributed by atoms with van der Waals surface area (Å²) in [4.78, 5) is 32.1. The van der Waals surface area contributed by atoms with Crippen LogP contribution in [0.5, 0.6) is 0 Å². The second-order valence-corrected chi connectivity index (χ2v) is 9.89. The number of carbonyl (C=O) groups is 2. The quantitative estimate of drug-likeness (QED) is 0.414. The first-order valence-electron chi connectivity index (χ1n) is 11.5. The highest BCUT2D eigenvalue weighted by Gasteiger charge is 2.37. The van der Waals surface area contributed by atoms with Crippen molar-refractivity contribution in [3.8, 4) is 0 Å². The van der Waals surface area contributed by atoms with Crippen molar-refractivity contribution in [2.45, 2.75) is 32.0 Å². The topological polar surface area (TPSA) is 87.8 Å². The standard InChI is InChI=1S/C28H26N4O2S/c1-28(23-10-11-24-21(15-23)12-13-35-24)16-25(33)32(27(29)31-28)18-20-8-5-9-22(14-20)26(34)30-17-19-6-3-2-4-7-19/h2-15H,16-18H2,1H3,(H2,29,31)(H,30,34). The average molecular weight is 483 g/mol. The van der Waals surface area contributed by atoms with Crippen LogP contribution in [-0.2, 0) is 23.4 Å². The van der Waals surface area contributed by atoms with Gasteiger partial charge in [0, 0.05) is 16.8 Å². The molecular formula is C28H26N4O2S. The van der Waals surface area contributed by atoms with Crippen LogP contribution in [0.4, 0.5) is 0 Å². The Morgan fingerprint density at radius 2 is 1.86 bits per heavy atom. The Kier molecular flexibility index (Phi) is 6.09. The van der Waals surface area contributed by atoms with Gasteiger partial charge in [0.25, 0.3) is 5.91 Å². The number of rotatable bonds is 6. The van der Waals surface area contributed by atoms with Crippen molar-refractivity contribution in [2.75, 3.05) is 0 Å². The molecule has 0 fully saturated rings. The molecule has 1 atom stereocenters. The number of amides is 2. The lowest BCUT2D eigenvalue weighted by molar-refractivity contribution is -0.130. The number of nitrogens with one attached hydrogen (secondary N) is 1. The van der Waals surface area contributed by atoms with E-state index in [2.05, 4.69) is 28.9 Å². The molecule has 1 aliphatic rings. The summed E-state index contributed by atoms with van der Waals surface area (Å²) in [6.07, 6.45) is 0.223. The van der Waals surface area contributed by atoms with Crippen LogP contribution in [0.3, 0.4) is 0 Å². The van der Waals surface area contributed by atoms with E-state index in [1.165, 1.54) is 9.60 Å². The van der Waals surface area contributed by atoms with Gasteiger partial charge in [0.1, 0.15) is 0 Å². The maximum Gasteiger partial charge on any atom is 0.251 e. The first-order chi connectivity index (χ1) is 16.9. The molecule has 176 valence electrons. The van der Waals surface area contributed by atoms with E-state index in [1.807, 2.05) is 55.5 Å². The number of aliphatic imine (C=N–C) groups is 1. The Labute approximate surface area is 208 Å². The number of thiophene rings is 1. The molecule has 2 heterocycles. The first-order valence-corrected chi connectivity index (χ1v) is 12.3. The van der Waals surface area contributed by atoms with E-state index in [0.29, 0.717) is 12.1 Å². The van der Waals surface area contributed by atoms with Gasteiger partial charge in [0.15, 0.2) is 5.96 Å². The fourth-order valence-electron chi connectivity index (χ4n) is 4.38. The lowest BCUT2D eigenvalue weighted by Crippen LogP contribution is -2.49. The number of nitrogens with zero attached hydrogens (tertiary/aromatic N) is 2. The van der Waals surface area contributed by atoms with Gasteiger partial charge in [-0.3, -0.25) is 14.5 Å². The Hall–Kier alpha value is -3.97. The van der Waals surface area contributed by atoms with Crippen molar-refractivity contribution in [3.05, 3.63) is 106 Å². The van der Waals surface area contributed by atoms with E-state index in [-0.39, 0.29) is 30.7 Å². The Morgan fingerprint density at radius 3 is 2.66 bits per heavy atom. The molecule has 0 saturated heterocycles. The van der Waals surface area contributed by atoms with Crippen LogP contribution >= 0.6 is 11.3 Å². The minimum atomic E-state index is -0.715. The van der Waals surface area contributed by atoms with Crippen LogP contribution in [0.15, 0.2) is 89.2 Å². The molecule has 3 aromatic carbocycles. The zero-order valence-corrected chi connectivity index (χ0v) is 20.2. The SMILES string of the molecule is CC1(c2ccc3sccc3c2)CC(=O)N(Cc2cccc(C(=O)NCc3ccccc3)c2)C(N)=N1. The molecule has 1 unspecified atom stereocenters. The van der Waals surface area contributed by atoms with E-state index < -0.39 is 5.54 Å². The highest BCUT2D eigenvalue weighted by molar-refractivity contribution is 7.17. The molecule has 0 radical (unpaired) electrons. The van der Waals surface area contributed by atoms with Crippen molar-refractivity contribution in [1.29, 1.82) is 0 Å². The molecule has 0 aliphatic carbocycles. The second-order valence-electron chi connectivity index (χ2n) is 8.94. The van der Waals surface area contributed by atoms with Crippen LogP contribution in [-0.4, -0.2) is 22.7 Å². The molecule has 6 nitrogen and oxygen atoms in total. The molecule has 2 amide bonds. The fourth-order valence-corrected chi connectivity index (χ4v) is 5.15. The highest BCUT2D eigenvalue weighted by atomic mass is 32.1. The third-order valence-electron chi connectivity index (χ3n) is 6.33. The van der Waals surface area contributed by atoms with Gasteiger partial charge in [0.2, 0.25) is 5.91 Å². The number of benzene rings is 3. The summed E-state index contributed by atoms with van der Waals surface area (Å²) >= 11 is 1.69. The molecule has 1 aromatic heterocycles. The predicted octanol–water partition coefficient (Wildman–Crippen LogP) is 4.79. The van der Waals surface area contributed by atoms with Gasteiger partial charge in [-0.25, -0.2) is 4.99 Å². The van der Waals surface area contributed by atoms with Crippen molar-refractivity contribution < 1.29 is 9.59 Å². The maximum atomic E-state index is 13.2. The second kappa shape index (κ2) is 9.35. The molecule has 3 N–H and O–H groups in total. The number of hydrogen-bond donors (Lipinski definition) is 2. The smallest absolute Gasteiger partial charge is 0.251 e. The molecule has 0 bridgehead atoms. The van der Waals surface area contributed by atoms with E-state index in [1.54, 1.807) is 23.5 Å². The van der Waals surface area contributed by atoms with Crippen molar-refractivity contribution in [3.63, 3.8) is 0 Å². The van der Waals surface area contributed by atoms with Crippen LogP contribution in [0.2, 0.25) is 0 Å². The largest absolute Gasteiger partial charge is 0.369 e. The van der Waals surface area contributed by atoms with Gasteiger partial charge in [-0.2, -0.15) is 0 Å². The van der Waals surface area contributed by atoms with Crippen LogP contribution < -0.4 is 11.1 Å². The van der Waals surface area contributed by atoms with Gasteiger partial charge in [-0.05, 0) is 64.7 Å². The number of nitrogens with two attached hydrogens (primary N) is 1. The number of hydrogen-bond acceptors (Lipinski definition) is 5. The summed E-state index contributed by atoms with van der Waals surface area (Å²) < 4.78 is 1.20. The van der Waals surface area contributed by atoms with Gasteiger partial charge < -0.3 is 11.1 Å². The average Bonchev–Trinajstić information content (AvgIpc) is 3.34. The molecule has 7 heteroatoms. The van der Waals surface area contributed by atoms with E-state index >= 15 is 0 Å². The van der Waals surface area contributed by atoms with Gasteiger partial charge in [-0.15, -0.1) is 11.3 Å². The van der Waals surface area contributed by atoms with Crippen molar-refractivity contribution in [2.24, 2.45) is 10.7 Å².